The van der Waals surface area contributed by atoms with Gasteiger partial charge in [0.05, 0.1) is 13.0 Å². The van der Waals surface area contributed by atoms with Crippen LogP contribution in [0.1, 0.15) is 25.0 Å². The van der Waals surface area contributed by atoms with E-state index in [2.05, 4.69) is 26.0 Å². The molecule has 0 radical (unpaired) electrons. The standard InChI is InChI=1S/C15H23NO2/c1-12(2)10-13-4-6-14(7-5-13)11-15(18)16(3)8-9-17/h4-7,12,17H,8-11H2,1-3H3. The average molecular weight is 249 g/mol. The van der Waals surface area contributed by atoms with Gasteiger partial charge in [0.1, 0.15) is 0 Å². The van der Waals surface area contributed by atoms with E-state index in [1.807, 2.05) is 12.1 Å². The molecule has 0 saturated heterocycles. The van der Waals surface area contributed by atoms with E-state index in [-0.39, 0.29) is 12.5 Å². The van der Waals surface area contributed by atoms with Gasteiger partial charge in [-0.1, -0.05) is 38.1 Å². The topological polar surface area (TPSA) is 40.5 Å². The van der Waals surface area contributed by atoms with Crippen molar-refractivity contribution in [3.63, 3.8) is 0 Å². The summed E-state index contributed by atoms with van der Waals surface area (Å²) in [7, 11) is 1.71. The van der Waals surface area contributed by atoms with Gasteiger partial charge in [0.2, 0.25) is 5.91 Å². The van der Waals surface area contributed by atoms with Gasteiger partial charge in [-0.05, 0) is 23.5 Å². The van der Waals surface area contributed by atoms with Crippen molar-refractivity contribution in [2.75, 3.05) is 20.2 Å². The molecule has 0 aliphatic carbocycles. The highest BCUT2D eigenvalue weighted by atomic mass is 16.3. The van der Waals surface area contributed by atoms with E-state index in [1.165, 1.54) is 5.56 Å². The van der Waals surface area contributed by atoms with Gasteiger partial charge in [-0.25, -0.2) is 0 Å². The summed E-state index contributed by atoms with van der Waals surface area (Å²) in [6.07, 6.45) is 1.47. The fourth-order valence-corrected chi connectivity index (χ4v) is 1.85. The molecular weight excluding hydrogens is 226 g/mol. The molecule has 1 aromatic rings. The minimum absolute atomic E-state index is 0.00949. The van der Waals surface area contributed by atoms with E-state index < -0.39 is 0 Å². The van der Waals surface area contributed by atoms with Crippen LogP contribution in [-0.2, 0) is 17.6 Å². The number of aliphatic hydroxyl groups excluding tert-OH is 1. The largest absolute Gasteiger partial charge is 0.395 e. The normalized spacial score (nSPS) is 10.7. The molecule has 0 spiro atoms. The molecule has 3 nitrogen and oxygen atoms in total. The molecule has 1 aromatic carbocycles. The number of benzene rings is 1. The number of hydrogen-bond acceptors (Lipinski definition) is 2. The van der Waals surface area contributed by atoms with Crippen LogP contribution in [0.2, 0.25) is 0 Å². The van der Waals surface area contributed by atoms with Gasteiger partial charge < -0.3 is 10.0 Å². The number of amides is 1. The quantitative estimate of drug-likeness (QED) is 0.836. The van der Waals surface area contributed by atoms with E-state index in [0.717, 1.165) is 12.0 Å². The monoisotopic (exact) mass is 249 g/mol. The van der Waals surface area contributed by atoms with Gasteiger partial charge in [0.15, 0.2) is 0 Å². The molecule has 0 aliphatic rings. The molecule has 18 heavy (non-hydrogen) atoms. The lowest BCUT2D eigenvalue weighted by molar-refractivity contribution is -0.129. The van der Waals surface area contributed by atoms with Crippen LogP contribution in [0.3, 0.4) is 0 Å². The van der Waals surface area contributed by atoms with Crippen molar-refractivity contribution in [1.29, 1.82) is 0 Å². The summed E-state index contributed by atoms with van der Waals surface area (Å²) in [4.78, 5) is 13.3. The maximum Gasteiger partial charge on any atom is 0.226 e. The Kier molecular flexibility index (Phi) is 5.86. The second-order valence-electron chi connectivity index (χ2n) is 5.13. The van der Waals surface area contributed by atoms with Crippen LogP contribution in [0, 0.1) is 5.92 Å². The first kappa shape index (κ1) is 14.7. The summed E-state index contributed by atoms with van der Waals surface area (Å²) in [5.41, 5.74) is 2.34. The summed E-state index contributed by atoms with van der Waals surface area (Å²) in [5, 5.41) is 8.78. The maximum absolute atomic E-state index is 11.8. The Morgan fingerprint density at radius 1 is 1.22 bits per heavy atom. The summed E-state index contributed by atoms with van der Waals surface area (Å²) in [6.45, 7) is 4.79. The van der Waals surface area contributed by atoms with Crippen molar-refractivity contribution < 1.29 is 9.90 Å². The molecule has 1 N–H and O–H groups in total. The minimum Gasteiger partial charge on any atom is -0.395 e. The lowest BCUT2D eigenvalue weighted by atomic mass is 10.0. The number of nitrogens with zero attached hydrogens (tertiary/aromatic N) is 1. The van der Waals surface area contributed by atoms with Crippen LogP contribution in [0.4, 0.5) is 0 Å². The third kappa shape index (κ3) is 4.88. The summed E-state index contributed by atoms with van der Waals surface area (Å²) < 4.78 is 0. The summed E-state index contributed by atoms with van der Waals surface area (Å²) in [6, 6.07) is 8.22. The van der Waals surface area contributed by atoms with Crippen molar-refractivity contribution in [3.8, 4) is 0 Å². The second kappa shape index (κ2) is 7.17. The Labute approximate surface area is 109 Å². The number of hydrogen-bond donors (Lipinski definition) is 1. The zero-order valence-corrected chi connectivity index (χ0v) is 11.5. The van der Waals surface area contributed by atoms with E-state index in [0.29, 0.717) is 18.9 Å². The number of aliphatic hydroxyl groups is 1. The summed E-state index contributed by atoms with van der Waals surface area (Å²) >= 11 is 0. The molecular formula is C15H23NO2. The highest BCUT2D eigenvalue weighted by molar-refractivity contribution is 5.78. The lowest BCUT2D eigenvalue weighted by Crippen LogP contribution is -2.30. The maximum atomic E-state index is 11.8. The molecule has 0 atom stereocenters. The molecule has 0 saturated carbocycles. The van der Waals surface area contributed by atoms with Crippen LogP contribution in [-0.4, -0.2) is 36.1 Å². The van der Waals surface area contributed by atoms with Crippen molar-refractivity contribution in [2.45, 2.75) is 26.7 Å². The SMILES string of the molecule is CC(C)Cc1ccc(CC(=O)N(C)CCO)cc1. The van der Waals surface area contributed by atoms with Gasteiger partial charge >= 0.3 is 0 Å². The molecule has 0 unspecified atom stereocenters. The van der Waals surface area contributed by atoms with Gasteiger partial charge in [-0.3, -0.25) is 4.79 Å². The van der Waals surface area contributed by atoms with E-state index in [4.69, 9.17) is 5.11 Å². The molecule has 0 bridgehead atoms. The Bertz CT molecular complexity index is 371. The zero-order valence-electron chi connectivity index (χ0n) is 11.5. The van der Waals surface area contributed by atoms with Crippen molar-refractivity contribution >= 4 is 5.91 Å². The third-order valence-corrected chi connectivity index (χ3v) is 2.88. The predicted octanol–water partition coefficient (Wildman–Crippen LogP) is 1.88. The molecule has 1 rings (SSSR count). The molecule has 3 heteroatoms. The Balaban J connectivity index is 2.55. The smallest absolute Gasteiger partial charge is 0.226 e. The van der Waals surface area contributed by atoms with Crippen LogP contribution in [0.15, 0.2) is 24.3 Å². The van der Waals surface area contributed by atoms with Crippen LogP contribution >= 0.6 is 0 Å². The van der Waals surface area contributed by atoms with Crippen molar-refractivity contribution in [3.05, 3.63) is 35.4 Å². The number of carbonyl (C=O) groups excluding carboxylic acids is 1. The predicted molar refractivity (Wildman–Crippen MR) is 73.4 cm³/mol. The molecule has 100 valence electrons. The third-order valence-electron chi connectivity index (χ3n) is 2.88. The highest BCUT2D eigenvalue weighted by Gasteiger charge is 2.08. The van der Waals surface area contributed by atoms with Crippen molar-refractivity contribution in [2.24, 2.45) is 5.92 Å². The Morgan fingerprint density at radius 2 is 1.78 bits per heavy atom. The van der Waals surface area contributed by atoms with E-state index in [1.54, 1.807) is 11.9 Å². The fraction of sp³-hybridized carbons (Fsp3) is 0.533. The summed E-state index contributed by atoms with van der Waals surface area (Å²) in [5.74, 6) is 0.689. The molecule has 0 aliphatic heterocycles. The van der Waals surface area contributed by atoms with Gasteiger partial charge in [-0.2, -0.15) is 0 Å². The molecule has 0 aromatic heterocycles. The van der Waals surface area contributed by atoms with Gasteiger partial charge in [0, 0.05) is 13.6 Å². The Hall–Kier alpha value is -1.35. The van der Waals surface area contributed by atoms with E-state index >= 15 is 0 Å². The number of carbonyl (C=O) groups is 1. The second-order valence-corrected chi connectivity index (χ2v) is 5.13. The van der Waals surface area contributed by atoms with Crippen LogP contribution < -0.4 is 0 Å². The minimum atomic E-state index is 0.00949. The van der Waals surface area contributed by atoms with Crippen LogP contribution in [0.25, 0.3) is 0 Å². The fourth-order valence-electron chi connectivity index (χ4n) is 1.85. The average Bonchev–Trinajstić information content (AvgIpc) is 2.31. The van der Waals surface area contributed by atoms with Crippen molar-refractivity contribution in [1.82, 2.24) is 4.90 Å². The number of rotatable bonds is 6. The van der Waals surface area contributed by atoms with Gasteiger partial charge in [-0.15, -0.1) is 0 Å². The van der Waals surface area contributed by atoms with Crippen LogP contribution in [0.5, 0.6) is 0 Å². The molecule has 1 amide bonds. The zero-order chi connectivity index (χ0) is 13.5. The van der Waals surface area contributed by atoms with Gasteiger partial charge in [0.25, 0.3) is 0 Å². The molecule has 0 fully saturated rings. The Morgan fingerprint density at radius 3 is 2.28 bits per heavy atom. The highest BCUT2D eigenvalue weighted by Crippen LogP contribution is 2.10. The first-order valence-corrected chi connectivity index (χ1v) is 6.45. The lowest BCUT2D eigenvalue weighted by Gasteiger charge is -2.15. The first-order valence-electron chi connectivity index (χ1n) is 6.45. The molecule has 0 heterocycles. The van der Waals surface area contributed by atoms with E-state index in [9.17, 15) is 4.79 Å². The number of likely N-dealkylation sites (N-methyl/N-ethyl adjacent to an activating group) is 1. The first-order chi connectivity index (χ1) is 8.52.